The largest absolute Gasteiger partial charge is 0.472 e. The summed E-state index contributed by atoms with van der Waals surface area (Å²) in [5.41, 5.74) is 2.89. The maximum Gasteiger partial charge on any atom is 0.187 e. The average Bonchev–Trinajstić information content (AvgIpc) is 2.44. The topological polar surface area (TPSA) is 30.2 Å². The van der Waals surface area contributed by atoms with Crippen molar-refractivity contribution in [3.63, 3.8) is 0 Å². The second-order valence-electron chi connectivity index (χ2n) is 8.30. The summed E-state index contributed by atoms with van der Waals surface area (Å²) in [6, 6.07) is 1.53. The first-order valence-electron chi connectivity index (χ1n) is 8.58. The Hall–Kier alpha value is -1.31. The van der Waals surface area contributed by atoms with Gasteiger partial charge in [-0.05, 0) is 54.8 Å². The molecule has 1 aromatic rings. The third-order valence-corrected chi connectivity index (χ3v) is 6.57. The molecule has 2 nitrogen and oxygen atoms in total. The number of hydrogen-bond donors (Lipinski definition) is 0. The Kier molecular flexibility index (Phi) is 3.82. The molecule has 2 heteroatoms. The molecule has 0 aromatic carbocycles. The second-order valence-corrected chi connectivity index (χ2v) is 8.30. The number of allylic oxidation sites excluding steroid dienone is 1. The van der Waals surface area contributed by atoms with Crippen molar-refractivity contribution in [1.82, 2.24) is 0 Å². The van der Waals surface area contributed by atoms with Gasteiger partial charge in [0.25, 0.3) is 0 Å². The third kappa shape index (κ3) is 2.47. The van der Waals surface area contributed by atoms with Gasteiger partial charge in [-0.25, -0.2) is 0 Å². The molecule has 1 aromatic heterocycles. The van der Waals surface area contributed by atoms with E-state index >= 15 is 0 Å². The van der Waals surface area contributed by atoms with E-state index in [1.807, 2.05) is 0 Å². The highest BCUT2D eigenvalue weighted by molar-refractivity contribution is 5.20. The SMILES string of the molecule is C=C1CCC2C(C)(C)CCC[C@]2(C)[C@H]1Cc1coccc1=O. The van der Waals surface area contributed by atoms with Crippen molar-refractivity contribution >= 4 is 0 Å². The van der Waals surface area contributed by atoms with Gasteiger partial charge in [0.1, 0.15) is 0 Å². The Labute approximate surface area is 133 Å². The molecule has 1 heterocycles. The average molecular weight is 300 g/mol. The van der Waals surface area contributed by atoms with Gasteiger partial charge < -0.3 is 4.42 Å². The zero-order valence-electron chi connectivity index (χ0n) is 14.2. The Bertz CT molecular complexity index is 625. The molecule has 22 heavy (non-hydrogen) atoms. The van der Waals surface area contributed by atoms with Crippen LogP contribution in [0.2, 0.25) is 0 Å². The highest BCUT2D eigenvalue weighted by Crippen LogP contribution is 2.61. The molecule has 2 fully saturated rings. The predicted molar refractivity (Wildman–Crippen MR) is 89.8 cm³/mol. The normalized spacial score (nSPS) is 34.2. The first-order chi connectivity index (χ1) is 10.3. The molecule has 0 radical (unpaired) electrons. The van der Waals surface area contributed by atoms with E-state index < -0.39 is 0 Å². The van der Waals surface area contributed by atoms with Gasteiger partial charge in [-0.1, -0.05) is 39.3 Å². The number of rotatable bonds is 2. The van der Waals surface area contributed by atoms with E-state index in [1.54, 1.807) is 6.26 Å². The minimum atomic E-state index is 0.0971. The number of hydrogen-bond acceptors (Lipinski definition) is 2. The lowest BCUT2D eigenvalue weighted by Gasteiger charge is -2.58. The lowest BCUT2D eigenvalue weighted by molar-refractivity contribution is -0.0518. The zero-order chi connectivity index (χ0) is 16.0. The smallest absolute Gasteiger partial charge is 0.187 e. The lowest BCUT2D eigenvalue weighted by Crippen LogP contribution is -2.50. The first kappa shape index (κ1) is 15.6. The van der Waals surface area contributed by atoms with Crippen molar-refractivity contribution in [2.24, 2.45) is 22.7 Å². The van der Waals surface area contributed by atoms with Crippen LogP contribution in [-0.4, -0.2) is 0 Å². The first-order valence-corrected chi connectivity index (χ1v) is 8.58. The van der Waals surface area contributed by atoms with E-state index in [0.29, 0.717) is 11.3 Å². The molecule has 0 aliphatic heterocycles. The molecule has 1 unspecified atom stereocenters. The molecule has 120 valence electrons. The standard InChI is InChI=1S/C20H28O2/c1-14-6-7-18-19(2,3)9-5-10-20(18,4)16(14)12-15-13-22-11-8-17(15)21/h8,11,13,16,18H,1,5-7,9-10,12H2,2-4H3/t16-,18?,20+/m0/s1. The van der Waals surface area contributed by atoms with Gasteiger partial charge in [-0.15, -0.1) is 0 Å². The van der Waals surface area contributed by atoms with Crippen LogP contribution in [-0.2, 0) is 6.42 Å². The second kappa shape index (κ2) is 5.40. The van der Waals surface area contributed by atoms with Crippen molar-refractivity contribution in [2.75, 3.05) is 0 Å². The van der Waals surface area contributed by atoms with Crippen LogP contribution in [0.25, 0.3) is 0 Å². The predicted octanol–water partition coefficient (Wildman–Crippen LogP) is 4.98. The molecule has 0 spiro atoms. The maximum absolute atomic E-state index is 12.1. The van der Waals surface area contributed by atoms with Crippen LogP contribution in [0.15, 0.2) is 40.0 Å². The van der Waals surface area contributed by atoms with Crippen LogP contribution in [0.4, 0.5) is 0 Å². The maximum atomic E-state index is 12.1. The summed E-state index contributed by atoms with van der Waals surface area (Å²) in [5, 5.41) is 0. The zero-order valence-corrected chi connectivity index (χ0v) is 14.2. The molecule has 0 bridgehead atoms. The van der Waals surface area contributed by atoms with Crippen molar-refractivity contribution < 1.29 is 4.42 Å². The molecule has 2 saturated carbocycles. The summed E-state index contributed by atoms with van der Waals surface area (Å²) in [6.45, 7) is 11.7. The van der Waals surface area contributed by atoms with E-state index in [0.717, 1.165) is 24.3 Å². The van der Waals surface area contributed by atoms with Gasteiger partial charge in [0.05, 0.1) is 12.5 Å². The van der Waals surface area contributed by atoms with Crippen LogP contribution in [0.3, 0.4) is 0 Å². The number of fused-ring (bicyclic) bond motifs is 1. The molecule has 2 aliphatic carbocycles. The van der Waals surface area contributed by atoms with Gasteiger partial charge in [-0.3, -0.25) is 4.79 Å². The molecule has 3 atom stereocenters. The fourth-order valence-corrected chi connectivity index (χ4v) is 5.41. The quantitative estimate of drug-likeness (QED) is 0.721. The summed E-state index contributed by atoms with van der Waals surface area (Å²) >= 11 is 0. The molecule has 2 aliphatic rings. The minimum Gasteiger partial charge on any atom is -0.472 e. The Morgan fingerprint density at radius 2 is 2.09 bits per heavy atom. The highest BCUT2D eigenvalue weighted by atomic mass is 16.3. The molecule has 0 saturated heterocycles. The summed E-state index contributed by atoms with van der Waals surface area (Å²) in [6.07, 6.45) is 10.1. The Morgan fingerprint density at radius 1 is 1.32 bits per heavy atom. The van der Waals surface area contributed by atoms with Gasteiger partial charge in [0, 0.05) is 11.6 Å². The van der Waals surface area contributed by atoms with Crippen LogP contribution in [0.5, 0.6) is 0 Å². The summed E-state index contributed by atoms with van der Waals surface area (Å²) in [7, 11) is 0. The van der Waals surface area contributed by atoms with Crippen molar-refractivity contribution in [2.45, 2.75) is 59.3 Å². The van der Waals surface area contributed by atoms with E-state index in [2.05, 4.69) is 27.4 Å². The van der Waals surface area contributed by atoms with Crippen LogP contribution in [0, 0.1) is 22.7 Å². The van der Waals surface area contributed by atoms with E-state index in [4.69, 9.17) is 4.42 Å². The van der Waals surface area contributed by atoms with Gasteiger partial charge in [-0.2, -0.15) is 0 Å². The van der Waals surface area contributed by atoms with Gasteiger partial charge in [0.15, 0.2) is 5.43 Å². The molecule has 0 N–H and O–H groups in total. The van der Waals surface area contributed by atoms with Crippen LogP contribution >= 0.6 is 0 Å². The fraction of sp³-hybridized carbons (Fsp3) is 0.650. The van der Waals surface area contributed by atoms with E-state index in [1.165, 1.54) is 43.6 Å². The van der Waals surface area contributed by atoms with Crippen LogP contribution < -0.4 is 5.43 Å². The third-order valence-electron chi connectivity index (χ3n) is 6.57. The monoisotopic (exact) mass is 300 g/mol. The molecular weight excluding hydrogens is 272 g/mol. The van der Waals surface area contributed by atoms with Crippen molar-refractivity contribution in [3.8, 4) is 0 Å². The Balaban J connectivity index is 1.96. The van der Waals surface area contributed by atoms with Crippen LogP contribution in [0.1, 0.15) is 58.4 Å². The minimum absolute atomic E-state index is 0.0971. The molecule has 0 amide bonds. The van der Waals surface area contributed by atoms with Gasteiger partial charge in [0.2, 0.25) is 0 Å². The molecule has 3 rings (SSSR count). The van der Waals surface area contributed by atoms with Crippen molar-refractivity contribution in [1.29, 1.82) is 0 Å². The molecular formula is C20H28O2. The van der Waals surface area contributed by atoms with Gasteiger partial charge >= 0.3 is 0 Å². The summed E-state index contributed by atoms with van der Waals surface area (Å²) < 4.78 is 5.25. The summed E-state index contributed by atoms with van der Waals surface area (Å²) in [4.78, 5) is 12.1. The highest BCUT2D eigenvalue weighted by Gasteiger charge is 2.52. The summed E-state index contributed by atoms with van der Waals surface area (Å²) in [5.74, 6) is 1.12. The fourth-order valence-electron chi connectivity index (χ4n) is 5.41. The van der Waals surface area contributed by atoms with Crippen molar-refractivity contribution in [3.05, 3.63) is 46.5 Å². The Morgan fingerprint density at radius 3 is 2.82 bits per heavy atom. The lowest BCUT2D eigenvalue weighted by atomic mass is 9.47. The van der Waals surface area contributed by atoms with E-state index in [9.17, 15) is 4.79 Å². The van der Waals surface area contributed by atoms with E-state index in [-0.39, 0.29) is 10.8 Å².